The summed E-state index contributed by atoms with van der Waals surface area (Å²) in [4.78, 5) is 24.6. The van der Waals surface area contributed by atoms with Crippen molar-refractivity contribution in [2.24, 2.45) is 11.8 Å². The number of fused-ring (bicyclic) bond motifs is 1. The van der Waals surface area contributed by atoms with Gasteiger partial charge in [0.15, 0.2) is 5.58 Å². The second-order valence-corrected chi connectivity index (χ2v) is 7.35. The lowest BCUT2D eigenvalue weighted by Crippen LogP contribution is -2.30. The molecule has 9 heteroatoms. The molecule has 1 saturated heterocycles. The zero-order valence-corrected chi connectivity index (χ0v) is 12.5. The molecule has 2 heterocycles. The number of carboxylic acids is 1. The van der Waals surface area contributed by atoms with Crippen LogP contribution >= 0.6 is 0 Å². The Morgan fingerprint density at radius 2 is 2.14 bits per heavy atom. The van der Waals surface area contributed by atoms with Crippen LogP contribution in [0.2, 0.25) is 0 Å². The molecule has 2 aromatic rings. The van der Waals surface area contributed by atoms with E-state index in [0.29, 0.717) is 5.52 Å². The lowest BCUT2D eigenvalue weighted by molar-refractivity contribution is -0.142. The van der Waals surface area contributed by atoms with Crippen LogP contribution in [0.3, 0.4) is 0 Å². The van der Waals surface area contributed by atoms with Crippen molar-refractivity contribution in [2.45, 2.75) is 11.8 Å². The van der Waals surface area contributed by atoms with Gasteiger partial charge in [0.2, 0.25) is 10.0 Å². The quantitative estimate of drug-likeness (QED) is 0.845. The van der Waals surface area contributed by atoms with Crippen LogP contribution in [0.15, 0.2) is 32.3 Å². The van der Waals surface area contributed by atoms with Crippen molar-refractivity contribution >= 4 is 27.1 Å². The zero-order valence-electron chi connectivity index (χ0n) is 11.6. The van der Waals surface area contributed by atoms with Gasteiger partial charge in [0, 0.05) is 19.2 Å². The number of aromatic amines is 1. The van der Waals surface area contributed by atoms with Crippen LogP contribution in [0, 0.1) is 11.8 Å². The number of carboxylic acid groups (broad SMARTS) is 1. The van der Waals surface area contributed by atoms with Crippen molar-refractivity contribution in [1.29, 1.82) is 0 Å². The topological polar surface area (TPSA) is 121 Å². The van der Waals surface area contributed by atoms with Gasteiger partial charge in [0.25, 0.3) is 0 Å². The predicted octanol–water partition coefficient (Wildman–Crippen LogP) is 0.462. The predicted molar refractivity (Wildman–Crippen MR) is 75.9 cm³/mol. The van der Waals surface area contributed by atoms with Crippen LogP contribution in [0.5, 0.6) is 0 Å². The van der Waals surface area contributed by atoms with Crippen molar-refractivity contribution in [3.05, 3.63) is 28.7 Å². The Balaban J connectivity index is 1.98. The molecule has 2 N–H and O–H groups in total. The van der Waals surface area contributed by atoms with Gasteiger partial charge in [-0.25, -0.2) is 13.2 Å². The van der Waals surface area contributed by atoms with E-state index in [-0.39, 0.29) is 29.5 Å². The van der Waals surface area contributed by atoms with Gasteiger partial charge in [-0.3, -0.25) is 9.78 Å². The summed E-state index contributed by atoms with van der Waals surface area (Å²) in [5, 5.41) is 9.11. The molecular weight excluding hydrogens is 312 g/mol. The number of sulfonamides is 1. The largest absolute Gasteiger partial charge is 0.481 e. The molecule has 1 aromatic heterocycles. The smallest absolute Gasteiger partial charge is 0.417 e. The number of nitrogens with one attached hydrogen (secondary N) is 1. The zero-order chi connectivity index (χ0) is 16.1. The maximum absolute atomic E-state index is 12.6. The van der Waals surface area contributed by atoms with Crippen LogP contribution < -0.4 is 5.76 Å². The number of benzene rings is 1. The molecular formula is C13H14N2O6S. The summed E-state index contributed by atoms with van der Waals surface area (Å²) in [5.41, 5.74) is 0.551. The van der Waals surface area contributed by atoms with E-state index in [1.165, 1.54) is 18.2 Å². The molecule has 0 aliphatic carbocycles. The van der Waals surface area contributed by atoms with Crippen molar-refractivity contribution in [3.63, 3.8) is 0 Å². The summed E-state index contributed by atoms with van der Waals surface area (Å²) in [6, 6.07) is 4.07. The molecule has 2 atom stereocenters. The van der Waals surface area contributed by atoms with E-state index < -0.39 is 27.7 Å². The molecule has 0 amide bonds. The molecule has 0 unspecified atom stereocenters. The standard InChI is InChI=1S/C13H14N2O6S/c1-7-5-15(6-9(7)12(16)17)22(19,20)8-2-3-10-11(4-8)21-13(18)14-10/h2-4,7,9H,5-6H2,1H3,(H,14,18)(H,16,17)/t7-,9-/m1/s1. The monoisotopic (exact) mass is 326 g/mol. The van der Waals surface area contributed by atoms with E-state index in [9.17, 15) is 18.0 Å². The number of oxazole rings is 1. The van der Waals surface area contributed by atoms with E-state index in [0.717, 1.165) is 4.31 Å². The highest BCUT2D eigenvalue weighted by atomic mass is 32.2. The first-order valence-electron chi connectivity index (χ1n) is 6.65. The van der Waals surface area contributed by atoms with E-state index >= 15 is 0 Å². The molecule has 1 aliphatic rings. The number of nitrogens with zero attached hydrogens (tertiary/aromatic N) is 1. The minimum atomic E-state index is -3.83. The van der Waals surface area contributed by atoms with Crippen LogP contribution in [-0.2, 0) is 14.8 Å². The van der Waals surface area contributed by atoms with E-state index in [1.54, 1.807) is 6.92 Å². The highest BCUT2D eigenvalue weighted by Crippen LogP contribution is 2.29. The first kappa shape index (κ1) is 14.8. The highest BCUT2D eigenvalue weighted by molar-refractivity contribution is 7.89. The normalized spacial score (nSPS) is 23.1. The summed E-state index contributed by atoms with van der Waals surface area (Å²) >= 11 is 0. The van der Waals surface area contributed by atoms with Gasteiger partial charge < -0.3 is 9.52 Å². The van der Waals surface area contributed by atoms with Crippen LogP contribution in [-0.4, -0.2) is 41.9 Å². The fraction of sp³-hybridized carbons (Fsp3) is 0.385. The lowest BCUT2D eigenvalue weighted by atomic mass is 9.99. The first-order valence-corrected chi connectivity index (χ1v) is 8.09. The third-order valence-electron chi connectivity index (χ3n) is 3.93. The summed E-state index contributed by atoms with van der Waals surface area (Å²) in [7, 11) is -3.83. The van der Waals surface area contributed by atoms with Gasteiger partial charge in [0.1, 0.15) is 0 Å². The van der Waals surface area contributed by atoms with Crippen molar-refractivity contribution in [1.82, 2.24) is 9.29 Å². The summed E-state index contributed by atoms with van der Waals surface area (Å²) < 4.78 is 31.2. The van der Waals surface area contributed by atoms with Gasteiger partial charge in [-0.15, -0.1) is 0 Å². The van der Waals surface area contributed by atoms with Crippen molar-refractivity contribution in [3.8, 4) is 0 Å². The number of hydrogen-bond donors (Lipinski definition) is 2. The van der Waals surface area contributed by atoms with Crippen molar-refractivity contribution < 1.29 is 22.7 Å². The van der Waals surface area contributed by atoms with Crippen LogP contribution in [0.1, 0.15) is 6.92 Å². The number of hydrogen-bond acceptors (Lipinski definition) is 5. The third-order valence-corrected chi connectivity index (χ3v) is 5.75. The summed E-state index contributed by atoms with van der Waals surface area (Å²) in [6.45, 7) is 1.80. The minimum Gasteiger partial charge on any atom is -0.481 e. The van der Waals surface area contributed by atoms with Gasteiger partial charge >= 0.3 is 11.7 Å². The second kappa shape index (κ2) is 4.96. The second-order valence-electron chi connectivity index (χ2n) is 5.42. The Labute approximate surface area is 125 Å². The SMILES string of the molecule is C[C@@H]1CN(S(=O)(=O)c2ccc3[nH]c(=O)oc3c2)C[C@H]1C(=O)O. The molecule has 0 bridgehead atoms. The molecule has 1 fully saturated rings. The Hall–Kier alpha value is -2.13. The number of carbonyl (C=O) groups is 1. The number of H-pyrrole nitrogens is 1. The molecule has 0 saturated carbocycles. The molecule has 0 spiro atoms. The van der Waals surface area contributed by atoms with E-state index in [4.69, 9.17) is 9.52 Å². The molecule has 1 aromatic carbocycles. The van der Waals surface area contributed by atoms with Crippen LogP contribution in [0.4, 0.5) is 0 Å². The Morgan fingerprint density at radius 1 is 1.41 bits per heavy atom. The minimum absolute atomic E-state index is 0.0269. The van der Waals surface area contributed by atoms with Gasteiger partial charge in [-0.05, 0) is 18.1 Å². The van der Waals surface area contributed by atoms with Gasteiger partial charge in [-0.2, -0.15) is 4.31 Å². The van der Waals surface area contributed by atoms with Gasteiger partial charge in [-0.1, -0.05) is 6.92 Å². The molecule has 1 aliphatic heterocycles. The number of aliphatic carboxylic acids is 1. The lowest BCUT2D eigenvalue weighted by Gasteiger charge is -2.15. The molecule has 118 valence electrons. The third kappa shape index (κ3) is 2.32. The molecule has 0 radical (unpaired) electrons. The van der Waals surface area contributed by atoms with E-state index in [2.05, 4.69) is 4.98 Å². The molecule has 22 heavy (non-hydrogen) atoms. The first-order chi connectivity index (χ1) is 10.3. The van der Waals surface area contributed by atoms with Gasteiger partial charge in [0.05, 0.1) is 16.3 Å². The Kier molecular flexibility index (Phi) is 3.33. The van der Waals surface area contributed by atoms with Crippen molar-refractivity contribution in [2.75, 3.05) is 13.1 Å². The molecule has 8 nitrogen and oxygen atoms in total. The number of aromatic nitrogens is 1. The summed E-state index contributed by atoms with van der Waals surface area (Å²) in [6.07, 6.45) is 0. The highest BCUT2D eigenvalue weighted by Gasteiger charge is 2.40. The maximum atomic E-state index is 12.6. The molecule has 3 rings (SSSR count). The summed E-state index contributed by atoms with van der Waals surface area (Å²) in [5.74, 6) is -2.65. The average Bonchev–Trinajstić information content (AvgIpc) is 2.99. The Morgan fingerprint density at radius 3 is 2.77 bits per heavy atom. The fourth-order valence-electron chi connectivity index (χ4n) is 2.68. The van der Waals surface area contributed by atoms with Crippen LogP contribution in [0.25, 0.3) is 11.1 Å². The fourth-order valence-corrected chi connectivity index (χ4v) is 4.26. The Bertz CT molecular complexity index is 897. The number of rotatable bonds is 3. The maximum Gasteiger partial charge on any atom is 0.417 e. The van der Waals surface area contributed by atoms with E-state index in [1.807, 2.05) is 0 Å². The average molecular weight is 326 g/mol.